The summed E-state index contributed by atoms with van der Waals surface area (Å²) in [5.74, 6) is 1.44. The van der Waals surface area contributed by atoms with Gasteiger partial charge in [-0.3, -0.25) is 0 Å². The molecule has 1 aromatic heterocycles. The molecule has 1 aromatic rings. The molecule has 1 rings (SSSR count). The maximum atomic E-state index is 12.7. The highest BCUT2D eigenvalue weighted by atomic mass is 19.3. The molecule has 0 saturated heterocycles. The van der Waals surface area contributed by atoms with Gasteiger partial charge in [0.25, 0.3) is 0 Å². The molecular formula is C12H18F4N4O. The van der Waals surface area contributed by atoms with Gasteiger partial charge in [0.2, 0.25) is 0 Å². The van der Waals surface area contributed by atoms with Gasteiger partial charge in [0.15, 0.2) is 5.82 Å². The Balaban J connectivity index is 2.80. The van der Waals surface area contributed by atoms with Crippen molar-refractivity contribution in [2.24, 2.45) is 5.84 Å². The van der Waals surface area contributed by atoms with E-state index < -0.39 is 25.6 Å². The lowest BCUT2D eigenvalue weighted by atomic mass is 9.92. The second-order valence-corrected chi connectivity index (χ2v) is 5.50. The predicted octanol–water partition coefficient (Wildman–Crippen LogP) is 2.48. The fraction of sp³-hybridized carbons (Fsp3) is 0.667. The lowest BCUT2D eigenvalue weighted by Gasteiger charge is -2.19. The zero-order valence-corrected chi connectivity index (χ0v) is 12.0. The molecular weight excluding hydrogens is 292 g/mol. The van der Waals surface area contributed by atoms with Gasteiger partial charge in [-0.1, -0.05) is 20.8 Å². The fourth-order valence-electron chi connectivity index (χ4n) is 1.36. The topological polar surface area (TPSA) is 73.1 Å². The second kappa shape index (κ2) is 6.52. The average molecular weight is 310 g/mol. The normalized spacial score (nSPS) is 12.8. The van der Waals surface area contributed by atoms with Crippen molar-refractivity contribution in [3.05, 3.63) is 17.6 Å². The largest absolute Gasteiger partial charge is 0.367 e. The SMILES string of the molecule is CC(C)(C)c1cc(NN)nc(COCC(F)(F)C(F)F)n1. The molecule has 0 aromatic carbocycles. The molecule has 9 heteroatoms. The number of nitrogens with zero attached hydrogens (tertiary/aromatic N) is 2. The number of alkyl halides is 4. The Hall–Kier alpha value is -1.48. The summed E-state index contributed by atoms with van der Waals surface area (Å²) in [6.07, 6.45) is -3.78. The number of hydrogen-bond acceptors (Lipinski definition) is 5. The highest BCUT2D eigenvalue weighted by Crippen LogP contribution is 2.24. The van der Waals surface area contributed by atoms with Gasteiger partial charge in [-0.2, -0.15) is 8.78 Å². The van der Waals surface area contributed by atoms with Gasteiger partial charge < -0.3 is 10.2 Å². The number of ether oxygens (including phenoxy) is 1. The van der Waals surface area contributed by atoms with Gasteiger partial charge in [-0.15, -0.1) is 0 Å². The van der Waals surface area contributed by atoms with Crippen LogP contribution in [0.1, 0.15) is 32.3 Å². The summed E-state index contributed by atoms with van der Waals surface area (Å²) < 4.78 is 54.0. The first kappa shape index (κ1) is 17.6. The van der Waals surface area contributed by atoms with Crippen LogP contribution < -0.4 is 11.3 Å². The van der Waals surface area contributed by atoms with E-state index >= 15 is 0 Å². The molecule has 0 radical (unpaired) electrons. The number of nitrogens with two attached hydrogens (primary N) is 1. The van der Waals surface area contributed by atoms with E-state index in [1.165, 1.54) is 0 Å². The Morgan fingerprint density at radius 3 is 2.38 bits per heavy atom. The Morgan fingerprint density at radius 2 is 1.90 bits per heavy atom. The molecule has 0 aliphatic carbocycles. The standard InChI is InChI=1S/C12H18F4N4O/c1-11(2,3)7-4-8(20-17)19-9(18-7)5-21-6-12(15,16)10(13)14/h4,10H,5-6,17H2,1-3H3,(H,18,19,20). The van der Waals surface area contributed by atoms with Crippen LogP contribution in [0, 0.1) is 0 Å². The second-order valence-electron chi connectivity index (χ2n) is 5.50. The highest BCUT2D eigenvalue weighted by molar-refractivity contribution is 5.36. The van der Waals surface area contributed by atoms with Crippen LogP contribution in [0.3, 0.4) is 0 Å². The van der Waals surface area contributed by atoms with Crippen LogP contribution in [0.2, 0.25) is 0 Å². The molecule has 0 spiro atoms. The number of nitrogens with one attached hydrogen (secondary N) is 1. The van der Waals surface area contributed by atoms with Crippen molar-refractivity contribution in [1.82, 2.24) is 9.97 Å². The first-order chi connectivity index (χ1) is 9.56. The summed E-state index contributed by atoms with van der Waals surface area (Å²) in [6.45, 7) is 3.86. The highest BCUT2D eigenvalue weighted by Gasteiger charge is 2.41. The van der Waals surface area contributed by atoms with Crippen molar-refractivity contribution in [1.29, 1.82) is 0 Å². The minimum Gasteiger partial charge on any atom is -0.367 e. The molecule has 5 nitrogen and oxygen atoms in total. The molecule has 1 heterocycles. The third kappa shape index (κ3) is 5.09. The zero-order chi connectivity index (χ0) is 16.3. The summed E-state index contributed by atoms with van der Waals surface area (Å²) in [5.41, 5.74) is 2.62. The van der Waals surface area contributed by atoms with Crippen molar-refractivity contribution in [3.8, 4) is 0 Å². The van der Waals surface area contributed by atoms with E-state index in [1.807, 2.05) is 20.8 Å². The summed E-state index contributed by atoms with van der Waals surface area (Å²) in [5, 5.41) is 0. The van der Waals surface area contributed by atoms with E-state index in [4.69, 9.17) is 5.84 Å². The molecule has 0 aliphatic rings. The van der Waals surface area contributed by atoms with E-state index in [0.717, 1.165) is 0 Å². The Kier molecular flexibility index (Phi) is 5.46. The number of anilines is 1. The third-order valence-corrected chi connectivity index (χ3v) is 2.53. The molecule has 3 N–H and O–H groups in total. The Labute approximate surface area is 119 Å². The molecule has 21 heavy (non-hydrogen) atoms. The van der Waals surface area contributed by atoms with Crippen LogP contribution in [0.15, 0.2) is 6.07 Å². The van der Waals surface area contributed by atoms with Crippen molar-refractivity contribution < 1.29 is 22.3 Å². The first-order valence-corrected chi connectivity index (χ1v) is 6.15. The van der Waals surface area contributed by atoms with E-state index in [9.17, 15) is 17.6 Å². The third-order valence-electron chi connectivity index (χ3n) is 2.53. The minimum atomic E-state index is -4.20. The van der Waals surface area contributed by atoms with Crippen LogP contribution in [0.4, 0.5) is 23.4 Å². The molecule has 0 saturated carbocycles. The molecule has 0 bridgehead atoms. The fourth-order valence-corrected chi connectivity index (χ4v) is 1.36. The van der Waals surface area contributed by atoms with Gasteiger partial charge in [0.05, 0.1) is 5.69 Å². The number of hydrogen-bond donors (Lipinski definition) is 2. The first-order valence-electron chi connectivity index (χ1n) is 6.15. The molecule has 0 amide bonds. The van der Waals surface area contributed by atoms with E-state index in [-0.39, 0.29) is 17.1 Å². The van der Waals surface area contributed by atoms with E-state index in [0.29, 0.717) is 5.69 Å². The van der Waals surface area contributed by atoms with Crippen molar-refractivity contribution >= 4 is 5.82 Å². The number of aromatic nitrogens is 2. The van der Waals surface area contributed by atoms with Gasteiger partial charge in [0, 0.05) is 11.5 Å². The molecule has 0 atom stereocenters. The van der Waals surface area contributed by atoms with Crippen LogP contribution in [0.5, 0.6) is 0 Å². The number of nitrogen functional groups attached to an aromatic ring is 1. The zero-order valence-electron chi connectivity index (χ0n) is 12.0. The average Bonchev–Trinajstić information content (AvgIpc) is 2.36. The van der Waals surface area contributed by atoms with Crippen LogP contribution >= 0.6 is 0 Å². The van der Waals surface area contributed by atoms with Crippen LogP contribution in [-0.2, 0) is 16.8 Å². The summed E-state index contributed by atoms with van der Waals surface area (Å²) in [6, 6.07) is 1.61. The minimum absolute atomic E-state index is 0.0837. The summed E-state index contributed by atoms with van der Waals surface area (Å²) in [7, 11) is 0. The smallest absolute Gasteiger partial charge is 0.330 e. The van der Waals surface area contributed by atoms with Crippen molar-refractivity contribution in [2.75, 3.05) is 12.0 Å². The Morgan fingerprint density at radius 1 is 1.29 bits per heavy atom. The van der Waals surface area contributed by atoms with Gasteiger partial charge in [-0.25, -0.2) is 24.6 Å². The van der Waals surface area contributed by atoms with Crippen molar-refractivity contribution in [2.45, 2.75) is 45.1 Å². The molecule has 120 valence electrons. The van der Waals surface area contributed by atoms with E-state index in [2.05, 4.69) is 20.1 Å². The number of rotatable bonds is 6. The molecule has 0 fully saturated rings. The maximum absolute atomic E-state index is 12.7. The number of hydrazine groups is 1. The number of halogens is 4. The van der Waals surface area contributed by atoms with Crippen LogP contribution in [-0.4, -0.2) is 28.9 Å². The molecule has 0 aliphatic heterocycles. The predicted molar refractivity (Wildman–Crippen MR) is 69.1 cm³/mol. The van der Waals surface area contributed by atoms with Gasteiger partial charge in [0.1, 0.15) is 19.0 Å². The monoisotopic (exact) mass is 310 g/mol. The summed E-state index contributed by atoms with van der Waals surface area (Å²) in [4.78, 5) is 8.08. The lowest BCUT2D eigenvalue weighted by Crippen LogP contribution is -2.32. The maximum Gasteiger partial charge on any atom is 0.330 e. The van der Waals surface area contributed by atoms with Gasteiger partial charge >= 0.3 is 12.3 Å². The van der Waals surface area contributed by atoms with Gasteiger partial charge in [-0.05, 0) is 0 Å². The van der Waals surface area contributed by atoms with E-state index in [1.54, 1.807) is 6.07 Å². The Bertz CT molecular complexity index is 477. The lowest BCUT2D eigenvalue weighted by molar-refractivity contribution is -0.168. The summed E-state index contributed by atoms with van der Waals surface area (Å²) >= 11 is 0. The quantitative estimate of drug-likeness (QED) is 0.480. The van der Waals surface area contributed by atoms with Crippen LogP contribution in [0.25, 0.3) is 0 Å². The van der Waals surface area contributed by atoms with Crippen molar-refractivity contribution in [3.63, 3.8) is 0 Å². The molecule has 0 unspecified atom stereocenters.